The molecule has 40 heavy (non-hydrogen) atoms. The molecular formula is C29H26ClN3O6S. The van der Waals surface area contributed by atoms with Gasteiger partial charge in [0.2, 0.25) is 5.91 Å². The lowest BCUT2D eigenvalue weighted by Gasteiger charge is -2.13. The van der Waals surface area contributed by atoms with Crippen LogP contribution in [0.1, 0.15) is 18.1 Å². The van der Waals surface area contributed by atoms with Gasteiger partial charge in [0.15, 0.2) is 18.1 Å². The third-order valence-corrected chi connectivity index (χ3v) is 6.65. The summed E-state index contributed by atoms with van der Waals surface area (Å²) in [5, 5.41) is 5.36. The number of anilines is 2. The highest BCUT2D eigenvalue weighted by atomic mass is 35.5. The maximum absolute atomic E-state index is 12.9. The molecule has 3 aromatic rings. The van der Waals surface area contributed by atoms with Crippen molar-refractivity contribution in [3.63, 3.8) is 0 Å². The molecule has 3 aromatic carbocycles. The Hall–Kier alpha value is -4.28. The second-order valence-electron chi connectivity index (χ2n) is 8.67. The van der Waals surface area contributed by atoms with E-state index in [1.807, 2.05) is 13.0 Å². The van der Waals surface area contributed by atoms with Crippen LogP contribution in [-0.2, 0) is 14.4 Å². The zero-order valence-electron chi connectivity index (χ0n) is 21.7. The van der Waals surface area contributed by atoms with E-state index in [1.165, 1.54) is 0 Å². The molecule has 0 bridgehead atoms. The lowest BCUT2D eigenvalue weighted by atomic mass is 10.2. The Morgan fingerprint density at radius 3 is 2.38 bits per heavy atom. The number of nitrogens with one attached hydrogen (secondary N) is 2. The van der Waals surface area contributed by atoms with Gasteiger partial charge in [-0.2, -0.15) is 0 Å². The number of ether oxygens (including phenoxy) is 2. The Kier molecular flexibility index (Phi) is 9.47. The molecule has 0 saturated carbocycles. The first-order chi connectivity index (χ1) is 19.2. The van der Waals surface area contributed by atoms with Gasteiger partial charge in [-0.05, 0) is 85.3 Å². The highest BCUT2D eigenvalue weighted by Gasteiger charge is 2.36. The number of benzene rings is 3. The Labute approximate surface area is 240 Å². The number of rotatable bonds is 10. The molecule has 1 fully saturated rings. The van der Waals surface area contributed by atoms with Gasteiger partial charge in [-0.1, -0.05) is 35.9 Å². The Morgan fingerprint density at radius 1 is 0.925 bits per heavy atom. The summed E-state index contributed by atoms with van der Waals surface area (Å²) >= 11 is 6.70. The summed E-state index contributed by atoms with van der Waals surface area (Å²) < 4.78 is 11.3. The van der Waals surface area contributed by atoms with E-state index in [0.29, 0.717) is 40.1 Å². The van der Waals surface area contributed by atoms with Crippen LogP contribution >= 0.6 is 23.4 Å². The van der Waals surface area contributed by atoms with Crippen LogP contribution in [0.3, 0.4) is 0 Å². The summed E-state index contributed by atoms with van der Waals surface area (Å²) in [6.45, 7) is 3.36. The number of carbonyl (C=O) groups excluding carboxylic acids is 4. The average molecular weight is 580 g/mol. The van der Waals surface area contributed by atoms with Crippen LogP contribution in [0.2, 0.25) is 5.02 Å². The summed E-state index contributed by atoms with van der Waals surface area (Å²) in [6, 6.07) is 18.9. The highest BCUT2D eigenvalue weighted by molar-refractivity contribution is 8.18. The molecule has 0 spiro atoms. The summed E-state index contributed by atoms with van der Waals surface area (Å²) in [6.07, 6.45) is 1.54. The third-order valence-electron chi connectivity index (χ3n) is 5.51. The molecule has 0 unspecified atom stereocenters. The van der Waals surface area contributed by atoms with Gasteiger partial charge in [0.05, 0.1) is 11.5 Å². The quantitative estimate of drug-likeness (QED) is 0.294. The molecule has 0 radical (unpaired) electrons. The van der Waals surface area contributed by atoms with E-state index in [4.69, 9.17) is 21.1 Å². The SMILES string of the molecule is CCOc1cc(/C=C2/SC(=O)N(CC(=O)Nc3cccc(C)c3)C2=O)ccc1OCC(=O)Nc1cccc(Cl)c1. The van der Waals surface area contributed by atoms with Gasteiger partial charge in [0.25, 0.3) is 17.1 Å². The monoisotopic (exact) mass is 579 g/mol. The van der Waals surface area contributed by atoms with Crippen LogP contribution in [-0.4, -0.2) is 47.6 Å². The van der Waals surface area contributed by atoms with Crippen molar-refractivity contribution < 1.29 is 28.7 Å². The number of imide groups is 1. The van der Waals surface area contributed by atoms with Crippen LogP contribution in [0, 0.1) is 6.92 Å². The molecule has 4 rings (SSSR count). The second kappa shape index (κ2) is 13.2. The molecule has 9 nitrogen and oxygen atoms in total. The van der Waals surface area contributed by atoms with Gasteiger partial charge >= 0.3 is 0 Å². The summed E-state index contributed by atoms with van der Waals surface area (Å²) in [4.78, 5) is 51.3. The van der Waals surface area contributed by atoms with E-state index in [2.05, 4.69) is 10.6 Å². The molecule has 1 saturated heterocycles. The van der Waals surface area contributed by atoms with Crippen molar-refractivity contribution in [3.8, 4) is 11.5 Å². The van der Waals surface area contributed by atoms with E-state index in [9.17, 15) is 19.2 Å². The standard InChI is InChI=1S/C29H26ClN3O6S/c1-3-38-24-13-19(10-11-23(24)39-17-27(35)32-22-9-5-7-20(30)15-22)14-25-28(36)33(29(37)40-25)16-26(34)31-21-8-4-6-18(2)12-21/h4-15H,3,16-17H2,1-2H3,(H,31,34)(H,32,35)/b25-14+. The molecule has 11 heteroatoms. The smallest absolute Gasteiger partial charge is 0.294 e. The van der Waals surface area contributed by atoms with Crippen molar-refractivity contribution in [1.29, 1.82) is 0 Å². The summed E-state index contributed by atoms with van der Waals surface area (Å²) in [5.74, 6) is -0.724. The molecule has 1 heterocycles. The van der Waals surface area contributed by atoms with Crippen molar-refractivity contribution in [2.24, 2.45) is 0 Å². The van der Waals surface area contributed by atoms with Crippen LogP contribution < -0.4 is 20.1 Å². The predicted octanol–water partition coefficient (Wildman–Crippen LogP) is 5.74. The molecule has 2 N–H and O–H groups in total. The lowest BCUT2D eigenvalue weighted by molar-refractivity contribution is -0.127. The van der Waals surface area contributed by atoms with Gasteiger partial charge in [0.1, 0.15) is 6.54 Å². The number of carbonyl (C=O) groups is 4. The third kappa shape index (κ3) is 7.64. The Bertz CT molecular complexity index is 1490. The van der Waals surface area contributed by atoms with Gasteiger partial charge in [-0.3, -0.25) is 24.1 Å². The van der Waals surface area contributed by atoms with E-state index >= 15 is 0 Å². The fourth-order valence-corrected chi connectivity index (χ4v) is 4.79. The number of halogens is 1. The summed E-state index contributed by atoms with van der Waals surface area (Å²) in [7, 11) is 0. The van der Waals surface area contributed by atoms with Crippen molar-refractivity contribution in [1.82, 2.24) is 4.90 Å². The van der Waals surface area contributed by atoms with Gasteiger partial charge < -0.3 is 20.1 Å². The van der Waals surface area contributed by atoms with E-state index in [1.54, 1.807) is 73.7 Å². The second-order valence-corrected chi connectivity index (χ2v) is 10.1. The van der Waals surface area contributed by atoms with E-state index < -0.39 is 23.6 Å². The van der Waals surface area contributed by atoms with Gasteiger partial charge in [-0.15, -0.1) is 0 Å². The van der Waals surface area contributed by atoms with Crippen LogP contribution in [0.15, 0.2) is 71.6 Å². The molecule has 0 aromatic heterocycles. The zero-order valence-corrected chi connectivity index (χ0v) is 23.3. The molecule has 0 aliphatic carbocycles. The molecule has 1 aliphatic rings. The highest BCUT2D eigenvalue weighted by Crippen LogP contribution is 2.34. The topological polar surface area (TPSA) is 114 Å². The first kappa shape index (κ1) is 28.7. The van der Waals surface area contributed by atoms with Crippen molar-refractivity contribution >= 4 is 63.8 Å². The number of hydrogen-bond acceptors (Lipinski definition) is 7. The number of thioether (sulfide) groups is 1. The molecule has 1 aliphatic heterocycles. The minimum Gasteiger partial charge on any atom is -0.490 e. The first-order valence-corrected chi connectivity index (χ1v) is 13.5. The van der Waals surface area contributed by atoms with Gasteiger partial charge in [0, 0.05) is 16.4 Å². The first-order valence-electron chi connectivity index (χ1n) is 12.3. The molecule has 206 valence electrons. The maximum atomic E-state index is 12.9. The fraction of sp³-hybridized carbons (Fsp3) is 0.172. The van der Waals surface area contributed by atoms with Gasteiger partial charge in [-0.25, -0.2) is 0 Å². The number of amides is 4. The normalized spacial score (nSPS) is 13.9. The van der Waals surface area contributed by atoms with E-state index in [-0.39, 0.29) is 17.4 Å². The molecule has 0 atom stereocenters. The average Bonchev–Trinajstić information content (AvgIpc) is 3.15. The Balaban J connectivity index is 1.40. The number of aryl methyl sites for hydroxylation is 1. The summed E-state index contributed by atoms with van der Waals surface area (Å²) in [5.41, 5.74) is 2.67. The minimum absolute atomic E-state index is 0.172. The lowest BCUT2D eigenvalue weighted by Crippen LogP contribution is -2.36. The van der Waals surface area contributed by atoms with Crippen LogP contribution in [0.4, 0.5) is 16.2 Å². The maximum Gasteiger partial charge on any atom is 0.294 e. The number of hydrogen-bond donors (Lipinski definition) is 2. The Morgan fingerprint density at radius 2 is 1.65 bits per heavy atom. The molecular weight excluding hydrogens is 554 g/mol. The fourth-order valence-electron chi connectivity index (χ4n) is 3.76. The number of nitrogens with zero attached hydrogens (tertiary/aromatic N) is 1. The largest absolute Gasteiger partial charge is 0.490 e. The minimum atomic E-state index is -0.564. The van der Waals surface area contributed by atoms with Crippen molar-refractivity contribution in [2.75, 3.05) is 30.4 Å². The molecule has 4 amide bonds. The predicted molar refractivity (Wildman–Crippen MR) is 156 cm³/mol. The van der Waals surface area contributed by atoms with E-state index in [0.717, 1.165) is 22.2 Å². The zero-order chi connectivity index (χ0) is 28.6. The van der Waals surface area contributed by atoms with Crippen molar-refractivity contribution in [2.45, 2.75) is 13.8 Å². The van der Waals surface area contributed by atoms with Crippen LogP contribution in [0.25, 0.3) is 6.08 Å². The van der Waals surface area contributed by atoms with Crippen LogP contribution in [0.5, 0.6) is 11.5 Å². The van der Waals surface area contributed by atoms with Crippen molar-refractivity contribution in [3.05, 3.63) is 87.8 Å².